The van der Waals surface area contributed by atoms with Crippen molar-refractivity contribution in [3.63, 3.8) is 0 Å². The van der Waals surface area contributed by atoms with Crippen LogP contribution in [0.1, 0.15) is 56.2 Å². The van der Waals surface area contributed by atoms with Gasteiger partial charge in [0, 0.05) is 76.4 Å². The van der Waals surface area contributed by atoms with Gasteiger partial charge in [0.15, 0.2) is 0 Å². The van der Waals surface area contributed by atoms with Crippen LogP contribution >= 0.6 is 0 Å². The van der Waals surface area contributed by atoms with Gasteiger partial charge in [0.05, 0.1) is 6.04 Å². The van der Waals surface area contributed by atoms with E-state index in [0.29, 0.717) is 11.8 Å². The molecule has 2 aromatic carbocycles. The summed E-state index contributed by atoms with van der Waals surface area (Å²) in [6, 6.07) is 22.0. The number of amides is 1. The molecule has 2 heterocycles. The second-order valence-electron chi connectivity index (χ2n) is 12.9. The van der Waals surface area contributed by atoms with Crippen LogP contribution in [-0.2, 0) is 4.79 Å². The number of hydrogen-bond donors (Lipinski definition) is 0. The molecule has 5 nitrogen and oxygen atoms in total. The Morgan fingerprint density at radius 3 is 1.88 bits per heavy atom. The third-order valence-corrected chi connectivity index (χ3v) is 10.2. The average molecular weight is 541 g/mol. The predicted molar refractivity (Wildman–Crippen MR) is 163 cm³/mol. The first kappa shape index (κ1) is 27.5. The summed E-state index contributed by atoms with van der Waals surface area (Å²) in [5.41, 5.74) is 3.89. The van der Waals surface area contributed by atoms with E-state index < -0.39 is 0 Å². The van der Waals surface area contributed by atoms with Gasteiger partial charge >= 0.3 is 0 Å². The Hall–Kier alpha value is -2.63. The third kappa shape index (κ3) is 6.31. The lowest BCUT2D eigenvalue weighted by Gasteiger charge is -2.41. The topological polar surface area (TPSA) is 30.0 Å². The van der Waals surface area contributed by atoms with Crippen molar-refractivity contribution in [2.75, 3.05) is 58.9 Å². The van der Waals surface area contributed by atoms with Gasteiger partial charge in [-0.2, -0.15) is 0 Å². The van der Waals surface area contributed by atoms with E-state index in [1.165, 1.54) is 49.1 Å². The second kappa shape index (κ2) is 12.5. The van der Waals surface area contributed by atoms with Crippen molar-refractivity contribution >= 4 is 5.91 Å². The van der Waals surface area contributed by atoms with Crippen LogP contribution in [0.2, 0.25) is 0 Å². The lowest BCUT2D eigenvalue weighted by molar-refractivity contribution is -0.134. The van der Waals surface area contributed by atoms with Crippen LogP contribution in [0.15, 0.2) is 72.9 Å². The molecule has 40 heavy (non-hydrogen) atoms. The molecule has 214 valence electrons. The van der Waals surface area contributed by atoms with Crippen molar-refractivity contribution in [3.8, 4) is 0 Å². The van der Waals surface area contributed by atoms with Gasteiger partial charge in [0.25, 0.3) is 0 Å². The molecule has 4 fully saturated rings. The Bertz CT molecular complexity index is 1070. The highest BCUT2D eigenvalue weighted by molar-refractivity contribution is 5.82. The molecular formula is C35H48N4O. The zero-order valence-electron chi connectivity index (χ0n) is 24.5. The van der Waals surface area contributed by atoms with E-state index in [1.807, 2.05) is 0 Å². The smallest absolute Gasteiger partial charge is 0.226 e. The van der Waals surface area contributed by atoms with Gasteiger partial charge in [-0.1, -0.05) is 87.0 Å². The average Bonchev–Trinajstić information content (AvgIpc) is 3.81. The molecule has 0 radical (unpaired) electrons. The largest absolute Gasteiger partial charge is 0.372 e. The molecule has 2 saturated carbocycles. The van der Waals surface area contributed by atoms with Crippen molar-refractivity contribution in [1.82, 2.24) is 19.6 Å². The number of rotatable bonds is 8. The molecule has 5 heteroatoms. The predicted octanol–water partition coefficient (Wildman–Crippen LogP) is 5.51. The highest BCUT2D eigenvalue weighted by atomic mass is 16.2. The summed E-state index contributed by atoms with van der Waals surface area (Å²) >= 11 is 0. The summed E-state index contributed by atoms with van der Waals surface area (Å²) in [6.45, 7) is 16.0. The van der Waals surface area contributed by atoms with E-state index in [-0.39, 0.29) is 12.0 Å². The molecule has 2 aliphatic carbocycles. The number of benzene rings is 2. The number of piperazine rings is 2. The normalized spacial score (nSPS) is 28.1. The number of nitrogens with zero attached hydrogens (tertiary/aromatic N) is 4. The standard InChI is InChI=1S/C35H48N4O/c1-27-13-15-29(16-14-27)26-36-17-19-39(20-18-36)35(40)33-25-32(33)28(2)37-21-23-38(24-22-37)34(30-9-5-3-6-10-30)31-11-7-4-8-12-31/h3-12,27,29,32-34H,2,13-26H2,1H3. The van der Waals surface area contributed by atoms with E-state index in [1.54, 1.807) is 0 Å². The Kier molecular flexibility index (Phi) is 8.59. The zero-order valence-corrected chi connectivity index (χ0v) is 24.5. The van der Waals surface area contributed by atoms with E-state index in [2.05, 4.69) is 93.8 Å². The molecule has 2 aliphatic heterocycles. The summed E-state index contributed by atoms with van der Waals surface area (Å²) in [5.74, 6) is 2.64. The summed E-state index contributed by atoms with van der Waals surface area (Å²) in [4.78, 5) is 23.2. The van der Waals surface area contributed by atoms with Crippen molar-refractivity contribution in [3.05, 3.63) is 84.1 Å². The first-order valence-electron chi connectivity index (χ1n) is 15.9. The molecule has 0 aromatic heterocycles. The van der Waals surface area contributed by atoms with Gasteiger partial charge in [0.2, 0.25) is 5.91 Å². The minimum absolute atomic E-state index is 0.151. The molecule has 0 bridgehead atoms. The molecule has 2 aromatic rings. The summed E-state index contributed by atoms with van der Waals surface area (Å²) in [6.07, 6.45) is 6.55. The molecule has 2 unspecified atom stereocenters. The second-order valence-corrected chi connectivity index (χ2v) is 12.9. The Balaban J connectivity index is 0.974. The first-order valence-corrected chi connectivity index (χ1v) is 15.9. The summed E-state index contributed by atoms with van der Waals surface area (Å²) in [7, 11) is 0. The SMILES string of the molecule is C=C(C1CC1C(=O)N1CCN(CC2CCC(C)CC2)CC1)N1CCN(C(c2ccccc2)c2ccccc2)CC1. The van der Waals surface area contributed by atoms with Crippen LogP contribution in [0, 0.1) is 23.7 Å². The van der Waals surface area contributed by atoms with E-state index >= 15 is 0 Å². The highest BCUT2D eigenvalue weighted by Gasteiger charge is 2.48. The summed E-state index contributed by atoms with van der Waals surface area (Å²) in [5, 5.41) is 0. The van der Waals surface area contributed by atoms with Gasteiger partial charge < -0.3 is 9.80 Å². The van der Waals surface area contributed by atoms with Crippen LogP contribution in [0.4, 0.5) is 0 Å². The van der Waals surface area contributed by atoms with E-state index in [4.69, 9.17) is 0 Å². The molecule has 2 saturated heterocycles. The first-order chi connectivity index (χ1) is 19.6. The number of hydrogen-bond acceptors (Lipinski definition) is 4. The summed E-state index contributed by atoms with van der Waals surface area (Å²) < 4.78 is 0. The molecule has 2 atom stereocenters. The lowest BCUT2D eigenvalue weighted by Crippen LogP contribution is -2.50. The van der Waals surface area contributed by atoms with Gasteiger partial charge in [-0.3, -0.25) is 14.6 Å². The number of carbonyl (C=O) groups is 1. The van der Waals surface area contributed by atoms with Crippen LogP contribution < -0.4 is 0 Å². The molecule has 6 rings (SSSR count). The zero-order chi connectivity index (χ0) is 27.5. The number of allylic oxidation sites excluding steroid dienone is 1. The van der Waals surface area contributed by atoms with Crippen LogP contribution in [0.5, 0.6) is 0 Å². The molecule has 1 amide bonds. The Morgan fingerprint density at radius 2 is 1.30 bits per heavy atom. The number of carbonyl (C=O) groups excluding carboxylic acids is 1. The third-order valence-electron chi connectivity index (χ3n) is 10.2. The molecule has 0 N–H and O–H groups in total. The van der Waals surface area contributed by atoms with Crippen molar-refractivity contribution in [1.29, 1.82) is 0 Å². The Morgan fingerprint density at radius 1 is 0.750 bits per heavy atom. The molecule has 0 spiro atoms. The monoisotopic (exact) mass is 540 g/mol. The van der Waals surface area contributed by atoms with Crippen LogP contribution in [0.25, 0.3) is 0 Å². The van der Waals surface area contributed by atoms with Gasteiger partial charge in [-0.05, 0) is 42.2 Å². The van der Waals surface area contributed by atoms with Crippen molar-refractivity contribution in [2.45, 2.75) is 45.1 Å². The maximum absolute atomic E-state index is 13.4. The minimum Gasteiger partial charge on any atom is -0.372 e. The fraction of sp³-hybridized carbons (Fsp3) is 0.571. The quantitative estimate of drug-likeness (QED) is 0.442. The van der Waals surface area contributed by atoms with Crippen molar-refractivity contribution < 1.29 is 4.79 Å². The minimum atomic E-state index is 0.151. The maximum Gasteiger partial charge on any atom is 0.226 e. The van der Waals surface area contributed by atoms with Gasteiger partial charge in [-0.25, -0.2) is 0 Å². The van der Waals surface area contributed by atoms with Gasteiger partial charge in [-0.15, -0.1) is 0 Å². The fourth-order valence-electron chi connectivity index (χ4n) is 7.48. The molecular weight excluding hydrogens is 492 g/mol. The Labute approximate surface area is 241 Å². The highest BCUT2D eigenvalue weighted by Crippen LogP contribution is 2.46. The van der Waals surface area contributed by atoms with Gasteiger partial charge in [0.1, 0.15) is 0 Å². The van der Waals surface area contributed by atoms with Crippen LogP contribution in [-0.4, -0.2) is 84.4 Å². The maximum atomic E-state index is 13.4. The lowest BCUT2D eigenvalue weighted by atomic mass is 9.83. The van der Waals surface area contributed by atoms with Crippen molar-refractivity contribution in [2.24, 2.45) is 23.7 Å². The van der Waals surface area contributed by atoms with E-state index in [9.17, 15) is 4.79 Å². The van der Waals surface area contributed by atoms with E-state index in [0.717, 1.165) is 70.6 Å². The molecule has 4 aliphatic rings. The fourth-order valence-corrected chi connectivity index (χ4v) is 7.48. The van der Waals surface area contributed by atoms with Crippen LogP contribution in [0.3, 0.4) is 0 Å².